The SMILES string of the molecule is N#CC1CCN(Cc2c(F)ccc(Br)c2F)CC1. The van der Waals surface area contributed by atoms with Crippen LogP contribution in [-0.2, 0) is 6.54 Å². The summed E-state index contributed by atoms with van der Waals surface area (Å²) in [6.45, 7) is 1.68. The van der Waals surface area contributed by atoms with E-state index in [1.165, 1.54) is 12.1 Å². The number of halogens is 3. The maximum Gasteiger partial charge on any atom is 0.144 e. The van der Waals surface area contributed by atoms with Gasteiger partial charge in [0.1, 0.15) is 11.6 Å². The minimum atomic E-state index is -0.530. The van der Waals surface area contributed by atoms with Gasteiger partial charge in [-0.1, -0.05) is 0 Å². The Morgan fingerprint density at radius 1 is 1.33 bits per heavy atom. The van der Waals surface area contributed by atoms with Gasteiger partial charge in [-0.25, -0.2) is 8.78 Å². The first-order valence-corrected chi connectivity index (χ1v) is 6.65. The standard InChI is InChI=1S/C13H13BrF2N2/c14-11-1-2-12(15)10(13(11)16)8-18-5-3-9(7-17)4-6-18/h1-2,9H,3-6,8H2. The molecule has 0 atom stereocenters. The highest BCUT2D eigenvalue weighted by atomic mass is 79.9. The summed E-state index contributed by atoms with van der Waals surface area (Å²) < 4.78 is 27.7. The quantitative estimate of drug-likeness (QED) is 0.782. The van der Waals surface area contributed by atoms with Crippen molar-refractivity contribution in [2.75, 3.05) is 13.1 Å². The van der Waals surface area contributed by atoms with Gasteiger partial charge in [-0.15, -0.1) is 0 Å². The molecular formula is C13H13BrF2N2. The molecule has 0 aliphatic carbocycles. The molecule has 0 aromatic heterocycles. The molecule has 2 nitrogen and oxygen atoms in total. The van der Waals surface area contributed by atoms with Crippen LogP contribution in [0.1, 0.15) is 18.4 Å². The van der Waals surface area contributed by atoms with Crippen LogP contribution in [0.2, 0.25) is 0 Å². The molecule has 18 heavy (non-hydrogen) atoms. The Kier molecular flexibility index (Phi) is 4.31. The van der Waals surface area contributed by atoms with Crippen LogP contribution in [0.5, 0.6) is 0 Å². The third kappa shape index (κ3) is 2.88. The summed E-state index contributed by atoms with van der Waals surface area (Å²) in [5.74, 6) is -0.964. The third-order valence-electron chi connectivity index (χ3n) is 3.29. The van der Waals surface area contributed by atoms with Gasteiger partial charge >= 0.3 is 0 Å². The Balaban J connectivity index is 2.07. The fourth-order valence-electron chi connectivity index (χ4n) is 2.16. The van der Waals surface area contributed by atoms with Crippen molar-refractivity contribution in [2.24, 2.45) is 5.92 Å². The number of nitrogens with zero attached hydrogens (tertiary/aromatic N) is 2. The zero-order valence-corrected chi connectivity index (χ0v) is 11.4. The number of hydrogen-bond acceptors (Lipinski definition) is 2. The fourth-order valence-corrected chi connectivity index (χ4v) is 2.53. The average molecular weight is 315 g/mol. The molecule has 0 spiro atoms. The Morgan fingerprint density at radius 2 is 2.00 bits per heavy atom. The Morgan fingerprint density at radius 3 is 2.61 bits per heavy atom. The van der Waals surface area contributed by atoms with E-state index < -0.39 is 11.6 Å². The van der Waals surface area contributed by atoms with E-state index in [4.69, 9.17) is 5.26 Å². The molecule has 0 bridgehead atoms. The normalized spacial score (nSPS) is 17.7. The smallest absolute Gasteiger partial charge is 0.144 e. The topological polar surface area (TPSA) is 27.0 Å². The summed E-state index contributed by atoms with van der Waals surface area (Å²) in [5.41, 5.74) is 0.0970. The van der Waals surface area contributed by atoms with Crippen molar-refractivity contribution < 1.29 is 8.78 Å². The van der Waals surface area contributed by atoms with E-state index in [-0.39, 0.29) is 22.5 Å². The van der Waals surface area contributed by atoms with Gasteiger partial charge in [0.2, 0.25) is 0 Å². The van der Waals surface area contributed by atoms with Crippen molar-refractivity contribution >= 4 is 15.9 Å². The molecule has 0 N–H and O–H groups in total. The van der Waals surface area contributed by atoms with E-state index in [0.717, 1.165) is 12.8 Å². The predicted octanol–water partition coefficient (Wildman–Crippen LogP) is 3.46. The summed E-state index contributed by atoms with van der Waals surface area (Å²) in [7, 11) is 0. The zero-order chi connectivity index (χ0) is 13.1. The molecule has 0 amide bonds. The lowest BCUT2D eigenvalue weighted by Crippen LogP contribution is -2.33. The largest absolute Gasteiger partial charge is 0.299 e. The van der Waals surface area contributed by atoms with Gasteiger partial charge in [0.15, 0.2) is 0 Å². The molecule has 1 aliphatic rings. The lowest BCUT2D eigenvalue weighted by atomic mass is 9.98. The molecule has 2 rings (SSSR count). The zero-order valence-electron chi connectivity index (χ0n) is 9.80. The Labute approximate surface area is 113 Å². The molecule has 1 heterocycles. The number of rotatable bonds is 2. The van der Waals surface area contributed by atoms with Gasteiger partial charge in [-0.2, -0.15) is 5.26 Å². The highest BCUT2D eigenvalue weighted by molar-refractivity contribution is 9.10. The van der Waals surface area contributed by atoms with Crippen molar-refractivity contribution in [3.63, 3.8) is 0 Å². The van der Waals surface area contributed by atoms with Crippen LogP contribution in [-0.4, -0.2) is 18.0 Å². The molecule has 96 valence electrons. The molecule has 0 unspecified atom stereocenters. The molecule has 0 radical (unpaired) electrons. The predicted molar refractivity (Wildman–Crippen MR) is 67.7 cm³/mol. The second kappa shape index (κ2) is 5.77. The lowest BCUT2D eigenvalue weighted by Gasteiger charge is -2.29. The lowest BCUT2D eigenvalue weighted by molar-refractivity contribution is 0.193. The number of benzene rings is 1. The van der Waals surface area contributed by atoms with Crippen LogP contribution in [0.25, 0.3) is 0 Å². The van der Waals surface area contributed by atoms with Crippen molar-refractivity contribution in [1.82, 2.24) is 4.90 Å². The van der Waals surface area contributed by atoms with E-state index in [1.54, 1.807) is 0 Å². The number of likely N-dealkylation sites (tertiary alicyclic amines) is 1. The Bertz CT molecular complexity index is 477. The van der Waals surface area contributed by atoms with Gasteiger partial charge in [-0.05, 0) is 54.0 Å². The first-order chi connectivity index (χ1) is 8.61. The number of piperidine rings is 1. The van der Waals surface area contributed by atoms with Crippen molar-refractivity contribution in [1.29, 1.82) is 5.26 Å². The molecular weight excluding hydrogens is 302 g/mol. The molecule has 0 saturated carbocycles. The molecule has 1 saturated heterocycles. The van der Waals surface area contributed by atoms with Gasteiger partial charge in [0.05, 0.1) is 10.5 Å². The average Bonchev–Trinajstić information content (AvgIpc) is 2.40. The van der Waals surface area contributed by atoms with Crippen LogP contribution in [0, 0.1) is 28.9 Å². The van der Waals surface area contributed by atoms with E-state index in [9.17, 15) is 8.78 Å². The highest BCUT2D eigenvalue weighted by Gasteiger charge is 2.21. The van der Waals surface area contributed by atoms with E-state index in [0.29, 0.717) is 13.1 Å². The van der Waals surface area contributed by atoms with Crippen LogP contribution in [0.3, 0.4) is 0 Å². The monoisotopic (exact) mass is 314 g/mol. The maximum atomic E-state index is 13.8. The molecule has 1 aromatic carbocycles. The summed E-state index contributed by atoms with van der Waals surface area (Å²) in [6, 6.07) is 4.88. The minimum Gasteiger partial charge on any atom is -0.299 e. The van der Waals surface area contributed by atoms with Crippen molar-refractivity contribution in [3.05, 3.63) is 33.8 Å². The molecule has 1 aliphatic heterocycles. The summed E-state index contributed by atoms with van der Waals surface area (Å²) in [4.78, 5) is 1.99. The Hall–Kier alpha value is -0.990. The van der Waals surface area contributed by atoms with Crippen LogP contribution < -0.4 is 0 Å². The first kappa shape index (κ1) is 13.4. The van der Waals surface area contributed by atoms with Crippen LogP contribution in [0.4, 0.5) is 8.78 Å². The maximum absolute atomic E-state index is 13.8. The van der Waals surface area contributed by atoms with Gasteiger partial charge in [0.25, 0.3) is 0 Å². The van der Waals surface area contributed by atoms with Crippen LogP contribution >= 0.6 is 15.9 Å². The van der Waals surface area contributed by atoms with Crippen molar-refractivity contribution in [2.45, 2.75) is 19.4 Å². The third-order valence-corrected chi connectivity index (χ3v) is 3.90. The van der Waals surface area contributed by atoms with Gasteiger partial charge in [0, 0.05) is 18.0 Å². The number of hydrogen-bond donors (Lipinski definition) is 0. The minimum absolute atomic E-state index is 0.0819. The van der Waals surface area contributed by atoms with E-state index in [2.05, 4.69) is 22.0 Å². The highest BCUT2D eigenvalue weighted by Crippen LogP contribution is 2.25. The van der Waals surface area contributed by atoms with Gasteiger partial charge in [-0.3, -0.25) is 4.90 Å². The second-order valence-electron chi connectivity index (χ2n) is 4.50. The fraction of sp³-hybridized carbons (Fsp3) is 0.462. The summed E-state index contributed by atoms with van der Waals surface area (Å²) in [6.07, 6.45) is 1.54. The van der Waals surface area contributed by atoms with Crippen molar-refractivity contribution in [3.8, 4) is 6.07 Å². The summed E-state index contributed by atoms with van der Waals surface area (Å²) in [5, 5.41) is 8.80. The van der Waals surface area contributed by atoms with Gasteiger partial charge < -0.3 is 0 Å². The first-order valence-electron chi connectivity index (χ1n) is 5.86. The van der Waals surface area contributed by atoms with E-state index >= 15 is 0 Å². The molecule has 5 heteroatoms. The van der Waals surface area contributed by atoms with Crippen LogP contribution in [0.15, 0.2) is 16.6 Å². The molecule has 1 aromatic rings. The number of nitriles is 1. The summed E-state index contributed by atoms with van der Waals surface area (Å²) >= 11 is 3.06. The van der Waals surface area contributed by atoms with E-state index in [1.807, 2.05) is 4.90 Å². The second-order valence-corrected chi connectivity index (χ2v) is 5.36. The molecule has 1 fully saturated rings.